The summed E-state index contributed by atoms with van der Waals surface area (Å²) >= 11 is 6.15. The third kappa shape index (κ3) is 7.99. The topological polar surface area (TPSA) is 122 Å². The number of esters is 1. The molecular weight excluding hydrogens is 630 g/mol. The number of anilines is 1. The second-order valence-corrected chi connectivity index (χ2v) is 14.0. The molecule has 0 spiro atoms. The number of rotatable bonds is 8. The number of hydrogen-bond donors (Lipinski definition) is 2. The number of halogens is 3. The SMILES string of the molecule is Cc1ccc(S(=O)(=O)N[C@H](Cc2ccccc2)C(=O)OC[C@]2(O)c3cc(Cl)ccc3N(C(=O)OC(C)(C)C)CCC2(F)F)cc1. The molecule has 242 valence electrons. The van der Waals surface area contributed by atoms with Gasteiger partial charge in [0.05, 0.1) is 10.6 Å². The van der Waals surface area contributed by atoms with E-state index in [1.165, 1.54) is 24.3 Å². The number of nitrogens with one attached hydrogen (secondary N) is 1. The Kier molecular flexibility index (Phi) is 9.93. The van der Waals surface area contributed by atoms with Crippen LogP contribution in [0.25, 0.3) is 0 Å². The number of alkyl halides is 2. The number of ether oxygens (including phenoxy) is 2. The van der Waals surface area contributed by atoms with Crippen molar-refractivity contribution in [3.8, 4) is 0 Å². The number of hydrogen-bond acceptors (Lipinski definition) is 7. The molecule has 0 saturated heterocycles. The molecule has 45 heavy (non-hydrogen) atoms. The standard InChI is InChI=1S/C32H35ClF2N2O7S/c1-21-10-13-24(14-11-21)45(41,42)36-26(18-22-8-6-5-7-9-22)28(38)43-20-31(40)25-19-23(33)12-15-27(25)37(17-16-32(31,34)35)29(39)44-30(2,3)4/h5-15,19,26,36,40H,16-18,20H2,1-4H3/t26-,31+/m1/s1. The summed E-state index contributed by atoms with van der Waals surface area (Å²) in [5, 5.41) is 11.6. The number of carbonyl (C=O) groups is 2. The van der Waals surface area contributed by atoms with E-state index < -0.39 is 70.4 Å². The Hall–Kier alpha value is -3.58. The summed E-state index contributed by atoms with van der Waals surface area (Å²) < 4.78 is 71.2. The van der Waals surface area contributed by atoms with Gasteiger partial charge in [-0.25, -0.2) is 22.0 Å². The fourth-order valence-electron chi connectivity index (χ4n) is 4.81. The van der Waals surface area contributed by atoms with Crippen molar-refractivity contribution >= 4 is 39.4 Å². The van der Waals surface area contributed by atoms with Crippen molar-refractivity contribution in [1.29, 1.82) is 0 Å². The fourth-order valence-corrected chi connectivity index (χ4v) is 6.17. The van der Waals surface area contributed by atoms with Gasteiger partial charge in [0.1, 0.15) is 18.2 Å². The van der Waals surface area contributed by atoms with Crippen LogP contribution in [0, 0.1) is 6.92 Å². The lowest BCUT2D eigenvalue weighted by Gasteiger charge is -2.35. The van der Waals surface area contributed by atoms with Gasteiger partial charge in [0, 0.05) is 23.6 Å². The van der Waals surface area contributed by atoms with E-state index in [1.807, 2.05) is 0 Å². The van der Waals surface area contributed by atoms with Crippen LogP contribution in [-0.4, -0.2) is 56.3 Å². The second kappa shape index (κ2) is 13.0. The zero-order valence-corrected chi connectivity index (χ0v) is 26.8. The van der Waals surface area contributed by atoms with E-state index in [9.17, 15) is 23.1 Å². The number of nitrogens with zero attached hydrogens (tertiary/aromatic N) is 1. The Bertz CT molecular complexity index is 1650. The van der Waals surface area contributed by atoms with E-state index in [-0.39, 0.29) is 22.0 Å². The molecule has 0 fully saturated rings. The maximum atomic E-state index is 15.8. The molecule has 1 heterocycles. The normalized spacial score (nSPS) is 18.8. The van der Waals surface area contributed by atoms with Crippen molar-refractivity contribution in [2.24, 2.45) is 0 Å². The molecule has 0 aromatic heterocycles. The molecule has 9 nitrogen and oxygen atoms in total. The second-order valence-electron chi connectivity index (χ2n) is 11.9. The summed E-state index contributed by atoms with van der Waals surface area (Å²) in [5.74, 6) is -5.13. The Morgan fingerprint density at radius 3 is 2.33 bits per heavy atom. The first-order valence-electron chi connectivity index (χ1n) is 14.1. The molecule has 2 N–H and O–H groups in total. The van der Waals surface area contributed by atoms with Gasteiger partial charge in [-0.1, -0.05) is 59.6 Å². The molecule has 3 aromatic carbocycles. The number of amides is 1. The van der Waals surface area contributed by atoms with E-state index in [0.29, 0.717) is 5.56 Å². The smallest absolute Gasteiger partial charge is 0.414 e. The maximum Gasteiger partial charge on any atom is 0.414 e. The lowest BCUT2D eigenvalue weighted by molar-refractivity contribution is -0.214. The summed E-state index contributed by atoms with van der Waals surface area (Å²) in [4.78, 5) is 27.4. The minimum Gasteiger partial charge on any atom is -0.461 e. The predicted octanol–water partition coefficient (Wildman–Crippen LogP) is 5.75. The number of benzene rings is 3. The summed E-state index contributed by atoms with van der Waals surface area (Å²) in [5.41, 5.74) is -3.27. The highest BCUT2D eigenvalue weighted by Gasteiger charge is 2.58. The lowest BCUT2D eigenvalue weighted by atomic mass is 9.86. The first-order valence-corrected chi connectivity index (χ1v) is 16.0. The molecule has 2 atom stereocenters. The number of carbonyl (C=O) groups excluding carboxylic acids is 2. The zero-order chi connectivity index (χ0) is 33.2. The Labute approximate surface area is 266 Å². The van der Waals surface area contributed by atoms with Gasteiger partial charge in [-0.15, -0.1) is 0 Å². The highest BCUT2D eigenvalue weighted by atomic mass is 35.5. The van der Waals surface area contributed by atoms with Gasteiger partial charge in [0.2, 0.25) is 10.0 Å². The zero-order valence-electron chi connectivity index (χ0n) is 25.2. The van der Waals surface area contributed by atoms with E-state index in [4.69, 9.17) is 21.1 Å². The van der Waals surface area contributed by atoms with Gasteiger partial charge in [-0.3, -0.25) is 9.69 Å². The molecule has 0 radical (unpaired) electrons. The Morgan fingerprint density at radius 1 is 1.07 bits per heavy atom. The highest BCUT2D eigenvalue weighted by molar-refractivity contribution is 7.89. The molecule has 1 aliphatic heterocycles. The molecule has 1 aliphatic rings. The number of sulfonamides is 1. The number of aliphatic hydroxyl groups is 1. The van der Waals surface area contributed by atoms with Gasteiger partial charge in [-0.05, 0) is 70.0 Å². The van der Waals surface area contributed by atoms with Crippen LogP contribution >= 0.6 is 11.6 Å². The average Bonchev–Trinajstić information content (AvgIpc) is 3.03. The van der Waals surface area contributed by atoms with E-state index in [0.717, 1.165) is 16.5 Å². The summed E-state index contributed by atoms with van der Waals surface area (Å²) in [6.45, 7) is 4.84. The molecule has 0 unspecified atom stereocenters. The van der Waals surface area contributed by atoms with Gasteiger partial charge < -0.3 is 14.6 Å². The third-order valence-electron chi connectivity index (χ3n) is 7.18. The molecule has 3 aromatic rings. The molecule has 4 rings (SSSR count). The van der Waals surface area contributed by atoms with E-state index in [1.54, 1.807) is 70.2 Å². The lowest BCUT2D eigenvalue weighted by Crippen LogP contribution is -2.51. The van der Waals surface area contributed by atoms with E-state index >= 15 is 8.78 Å². The minimum absolute atomic E-state index is 0.0202. The third-order valence-corrected chi connectivity index (χ3v) is 8.91. The van der Waals surface area contributed by atoms with Crippen molar-refractivity contribution in [3.63, 3.8) is 0 Å². The molecule has 0 aliphatic carbocycles. The minimum atomic E-state index is -4.25. The van der Waals surface area contributed by atoms with Gasteiger partial charge in [-0.2, -0.15) is 4.72 Å². The van der Waals surface area contributed by atoms with Crippen molar-refractivity contribution in [3.05, 3.63) is 94.5 Å². The average molecular weight is 665 g/mol. The molecular formula is C32H35ClF2N2O7S. The van der Waals surface area contributed by atoms with E-state index in [2.05, 4.69) is 4.72 Å². The van der Waals surface area contributed by atoms with Crippen LogP contribution in [0.5, 0.6) is 0 Å². The molecule has 13 heteroatoms. The molecule has 1 amide bonds. The Balaban J connectivity index is 1.67. The van der Waals surface area contributed by atoms with Crippen molar-refractivity contribution in [1.82, 2.24) is 4.72 Å². The van der Waals surface area contributed by atoms with Crippen LogP contribution in [-0.2, 0) is 36.3 Å². The monoisotopic (exact) mass is 664 g/mol. The predicted molar refractivity (Wildman–Crippen MR) is 165 cm³/mol. The van der Waals surface area contributed by atoms with Gasteiger partial charge in [0.15, 0.2) is 5.60 Å². The van der Waals surface area contributed by atoms with Crippen molar-refractivity contribution in [2.75, 3.05) is 18.1 Å². The fraction of sp³-hybridized carbons (Fsp3) is 0.375. The number of aryl methyl sites for hydroxylation is 1. The van der Waals surface area contributed by atoms with Crippen LogP contribution in [0.4, 0.5) is 19.3 Å². The van der Waals surface area contributed by atoms with Gasteiger partial charge in [0.25, 0.3) is 5.92 Å². The molecule has 0 saturated carbocycles. The summed E-state index contributed by atoms with van der Waals surface area (Å²) in [7, 11) is -4.25. The Morgan fingerprint density at radius 2 is 1.71 bits per heavy atom. The highest BCUT2D eigenvalue weighted by Crippen LogP contribution is 2.48. The number of fused-ring (bicyclic) bond motifs is 1. The molecule has 0 bridgehead atoms. The first-order chi connectivity index (χ1) is 20.9. The maximum absolute atomic E-state index is 15.8. The van der Waals surface area contributed by atoms with Crippen LogP contribution in [0.15, 0.2) is 77.7 Å². The van der Waals surface area contributed by atoms with Crippen LogP contribution in [0.1, 0.15) is 43.9 Å². The largest absolute Gasteiger partial charge is 0.461 e. The summed E-state index contributed by atoms with van der Waals surface area (Å²) in [6, 6.07) is 16.6. The quantitative estimate of drug-likeness (QED) is 0.294. The van der Waals surface area contributed by atoms with Crippen molar-refractivity contribution in [2.45, 2.75) is 68.6 Å². The van der Waals surface area contributed by atoms with Gasteiger partial charge >= 0.3 is 12.1 Å². The first kappa shape index (κ1) is 34.3. The summed E-state index contributed by atoms with van der Waals surface area (Å²) in [6.07, 6.45) is -2.11. The van der Waals surface area contributed by atoms with Crippen LogP contribution in [0.3, 0.4) is 0 Å². The van der Waals surface area contributed by atoms with Crippen LogP contribution in [0.2, 0.25) is 5.02 Å². The van der Waals surface area contributed by atoms with Crippen molar-refractivity contribution < 1.29 is 41.4 Å². The van der Waals surface area contributed by atoms with Crippen LogP contribution < -0.4 is 9.62 Å².